The van der Waals surface area contributed by atoms with Crippen LogP contribution in [-0.2, 0) is 11.2 Å². The molecule has 24 heavy (non-hydrogen) atoms. The number of aliphatic hydroxyl groups excluding tert-OH is 1. The fourth-order valence-electron chi connectivity index (χ4n) is 3.01. The number of aliphatic hydroxyl groups is 1. The van der Waals surface area contributed by atoms with E-state index in [0.717, 1.165) is 24.8 Å². The molecule has 0 heterocycles. The van der Waals surface area contributed by atoms with Crippen molar-refractivity contribution in [3.8, 4) is 0 Å². The summed E-state index contributed by atoms with van der Waals surface area (Å²) in [5, 5.41) is 13.7. The summed E-state index contributed by atoms with van der Waals surface area (Å²) in [5.74, 6) is 0.0717. The van der Waals surface area contributed by atoms with Gasteiger partial charge in [0.05, 0.1) is 12.1 Å². The van der Waals surface area contributed by atoms with Crippen molar-refractivity contribution in [3.05, 3.63) is 48.0 Å². The van der Waals surface area contributed by atoms with Crippen molar-refractivity contribution in [1.29, 1.82) is 0 Å². The monoisotopic (exact) mass is 331 g/mol. The predicted molar refractivity (Wildman–Crippen MR) is 95.8 cm³/mol. The number of alkyl carbamates (subject to hydrolysis) is 1. The number of allylic oxidation sites excluding steroid dienone is 1. The first-order chi connectivity index (χ1) is 11.3. The lowest BCUT2D eigenvalue weighted by Gasteiger charge is -2.31. The van der Waals surface area contributed by atoms with Gasteiger partial charge < -0.3 is 15.2 Å². The standard InChI is InChI=1S/C20H29NO3/c1-20(2,3)24-19(23)21-17(14-15-10-6-4-7-11-15)18(22)16-12-8-5-9-13-16/h4,6-8,10-12,16-18,22H,5,9,13-14H2,1-3H3,(H,21,23)/t16?,17-,18?/m0/s1. The maximum Gasteiger partial charge on any atom is 0.407 e. The lowest BCUT2D eigenvalue weighted by atomic mass is 9.85. The van der Waals surface area contributed by atoms with E-state index in [2.05, 4.69) is 17.5 Å². The average Bonchev–Trinajstić information content (AvgIpc) is 2.53. The predicted octanol–water partition coefficient (Wildman–Crippen LogP) is 3.84. The van der Waals surface area contributed by atoms with E-state index >= 15 is 0 Å². The minimum atomic E-state index is -0.630. The van der Waals surface area contributed by atoms with E-state index in [-0.39, 0.29) is 12.0 Å². The second kappa shape index (κ2) is 8.34. The molecule has 4 heteroatoms. The van der Waals surface area contributed by atoms with E-state index in [1.165, 1.54) is 0 Å². The van der Waals surface area contributed by atoms with Gasteiger partial charge in [0.15, 0.2) is 0 Å². The van der Waals surface area contributed by atoms with Crippen LogP contribution in [0.5, 0.6) is 0 Å². The fourth-order valence-corrected chi connectivity index (χ4v) is 3.01. The quantitative estimate of drug-likeness (QED) is 0.806. The third-order valence-electron chi connectivity index (χ3n) is 4.14. The molecule has 2 rings (SSSR count). The van der Waals surface area contributed by atoms with Gasteiger partial charge in [-0.05, 0) is 52.0 Å². The number of carbonyl (C=O) groups excluding carboxylic acids is 1. The van der Waals surface area contributed by atoms with Crippen molar-refractivity contribution < 1.29 is 14.6 Å². The second-order valence-electron chi connectivity index (χ2n) is 7.46. The van der Waals surface area contributed by atoms with Crippen molar-refractivity contribution >= 4 is 6.09 Å². The van der Waals surface area contributed by atoms with Crippen LogP contribution in [0.1, 0.15) is 45.6 Å². The second-order valence-corrected chi connectivity index (χ2v) is 7.46. The molecule has 0 aromatic heterocycles. The van der Waals surface area contributed by atoms with Gasteiger partial charge in [0, 0.05) is 5.92 Å². The van der Waals surface area contributed by atoms with Crippen molar-refractivity contribution in [3.63, 3.8) is 0 Å². The van der Waals surface area contributed by atoms with Crippen LogP contribution in [0, 0.1) is 5.92 Å². The van der Waals surface area contributed by atoms with Crippen LogP contribution in [0.3, 0.4) is 0 Å². The molecular weight excluding hydrogens is 302 g/mol. The lowest BCUT2D eigenvalue weighted by Crippen LogP contribution is -2.49. The summed E-state index contributed by atoms with van der Waals surface area (Å²) in [6.07, 6.45) is 6.73. The molecule has 1 aromatic rings. The Kier molecular flexibility index (Phi) is 6.44. The van der Waals surface area contributed by atoms with Crippen LogP contribution in [0.2, 0.25) is 0 Å². The first-order valence-electron chi connectivity index (χ1n) is 8.73. The van der Waals surface area contributed by atoms with Crippen LogP contribution < -0.4 is 5.32 Å². The Bertz CT molecular complexity index is 548. The normalized spacial score (nSPS) is 20.2. The van der Waals surface area contributed by atoms with Gasteiger partial charge in [0.1, 0.15) is 5.60 Å². The van der Waals surface area contributed by atoms with Gasteiger partial charge >= 0.3 is 6.09 Å². The highest BCUT2D eigenvalue weighted by molar-refractivity contribution is 5.68. The Morgan fingerprint density at radius 3 is 2.62 bits per heavy atom. The van der Waals surface area contributed by atoms with E-state index in [4.69, 9.17) is 4.74 Å². The van der Waals surface area contributed by atoms with Crippen molar-refractivity contribution in [2.75, 3.05) is 0 Å². The maximum atomic E-state index is 12.2. The van der Waals surface area contributed by atoms with Gasteiger partial charge in [0.2, 0.25) is 0 Å². The van der Waals surface area contributed by atoms with Crippen LogP contribution >= 0.6 is 0 Å². The molecule has 2 N–H and O–H groups in total. The molecule has 1 aliphatic carbocycles. The third-order valence-corrected chi connectivity index (χ3v) is 4.14. The number of hydrogen-bond donors (Lipinski definition) is 2. The number of amides is 1. The van der Waals surface area contributed by atoms with Crippen molar-refractivity contribution in [1.82, 2.24) is 5.32 Å². The summed E-state index contributed by atoms with van der Waals surface area (Å²) in [6, 6.07) is 9.52. The molecule has 0 saturated heterocycles. The summed E-state index contributed by atoms with van der Waals surface area (Å²) in [4.78, 5) is 12.2. The first kappa shape index (κ1) is 18.5. The van der Waals surface area contributed by atoms with E-state index in [1.807, 2.05) is 51.1 Å². The highest BCUT2D eigenvalue weighted by atomic mass is 16.6. The summed E-state index contributed by atoms with van der Waals surface area (Å²) >= 11 is 0. The molecule has 0 radical (unpaired) electrons. The van der Waals surface area contributed by atoms with E-state index in [0.29, 0.717) is 6.42 Å². The molecule has 132 valence electrons. The molecule has 1 amide bonds. The molecule has 4 nitrogen and oxygen atoms in total. The summed E-state index contributed by atoms with van der Waals surface area (Å²) in [7, 11) is 0. The summed E-state index contributed by atoms with van der Waals surface area (Å²) < 4.78 is 5.36. The van der Waals surface area contributed by atoms with Crippen LogP contribution in [0.15, 0.2) is 42.5 Å². The summed E-state index contributed by atoms with van der Waals surface area (Å²) in [6.45, 7) is 5.50. The molecule has 0 aliphatic heterocycles. The summed E-state index contributed by atoms with van der Waals surface area (Å²) in [5.41, 5.74) is 0.522. The Morgan fingerprint density at radius 2 is 2.04 bits per heavy atom. The van der Waals surface area contributed by atoms with Gasteiger partial charge in [-0.15, -0.1) is 0 Å². The minimum absolute atomic E-state index is 0.0717. The van der Waals surface area contributed by atoms with Gasteiger partial charge in [0.25, 0.3) is 0 Å². The number of ether oxygens (including phenoxy) is 1. The molecule has 0 spiro atoms. The van der Waals surface area contributed by atoms with E-state index < -0.39 is 17.8 Å². The first-order valence-corrected chi connectivity index (χ1v) is 8.73. The molecule has 1 aliphatic rings. The van der Waals surface area contributed by atoms with Gasteiger partial charge in [-0.1, -0.05) is 42.5 Å². The van der Waals surface area contributed by atoms with Crippen LogP contribution in [-0.4, -0.2) is 28.9 Å². The average molecular weight is 331 g/mol. The molecular formula is C20H29NO3. The Morgan fingerprint density at radius 1 is 1.33 bits per heavy atom. The van der Waals surface area contributed by atoms with E-state index in [9.17, 15) is 9.90 Å². The molecule has 3 atom stereocenters. The zero-order chi connectivity index (χ0) is 17.6. The molecule has 0 bridgehead atoms. The van der Waals surface area contributed by atoms with E-state index in [1.54, 1.807) is 0 Å². The topological polar surface area (TPSA) is 58.6 Å². The Labute approximate surface area is 144 Å². The Balaban J connectivity index is 2.09. The molecule has 2 unspecified atom stereocenters. The highest BCUT2D eigenvalue weighted by Gasteiger charge is 2.30. The highest BCUT2D eigenvalue weighted by Crippen LogP contribution is 2.24. The zero-order valence-electron chi connectivity index (χ0n) is 14.9. The smallest absolute Gasteiger partial charge is 0.407 e. The number of nitrogens with one attached hydrogen (secondary N) is 1. The maximum absolute atomic E-state index is 12.2. The number of carbonyl (C=O) groups is 1. The number of rotatable bonds is 5. The van der Waals surface area contributed by atoms with Crippen molar-refractivity contribution in [2.24, 2.45) is 5.92 Å². The third kappa shape index (κ3) is 6.00. The fraction of sp³-hybridized carbons (Fsp3) is 0.550. The number of hydrogen-bond acceptors (Lipinski definition) is 3. The van der Waals surface area contributed by atoms with Gasteiger partial charge in [-0.25, -0.2) is 4.79 Å². The largest absolute Gasteiger partial charge is 0.444 e. The number of benzene rings is 1. The molecule has 0 saturated carbocycles. The van der Waals surface area contributed by atoms with Crippen molar-refractivity contribution in [2.45, 2.75) is 64.2 Å². The van der Waals surface area contributed by atoms with Crippen LogP contribution in [0.4, 0.5) is 4.79 Å². The SMILES string of the molecule is CC(C)(C)OC(=O)N[C@@H](Cc1ccccc1)C(O)C1C=CCCC1. The lowest BCUT2D eigenvalue weighted by molar-refractivity contribution is 0.0355. The van der Waals surface area contributed by atoms with Gasteiger partial charge in [-0.2, -0.15) is 0 Å². The zero-order valence-corrected chi connectivity index (χ0v) is 14.9. The van der Waals surface area contributed by atoms with Crippen LogP contribution in [0.25, 0.3) is 0 Å². The molecule has 0 fully saturated rings. The molecule has 1 aromatic carbocycles. The Hall–Kier alpha value is -1.81. The minimum Gasteiger partial charge on any atom is -0.444 e. The van der Waals surface area contributed by atoms with Gasteiger partial charge in [-0.3, -0.25) is 0 Å².